The number of benzene rings is 2. The molecule has 10 heteroatoms. The molecular formula is C20H18F3NO4S2. The van der Waals surface area contributed by atoms with E-state index in [2.05, 4.69) is 4.74 Å². The van der Waals surface area contributed by atoms with Crippen LogP contribution in [0.25, 0.3) is 10.1 Å². The van der Waals surface area contributed by atoms with E-state index in [9.17, 15) is 26.4 Å². The zero-order chi connectivity index (χ0) is 22.1. The molecule has 0 aliphatic heterocycles. The summed E-state index contributed by atoms with van der Waals surface area (Å²) in [4.78, 5) is 11.4. The lowest BCUT2D eigenvalue weighted by Gasteiger charge is -2.24. The fraction of sp³-hybridized carbons (Fsp3) is 0.250. The second-order valence-corrected chi connectivity index (χ2v) is 9.38. The highest BCUT2D eigenvalue weighted by atomic mass is 32.2. The predicted octanol–water partition coefficient (Wildman–Crippen LogP) is 5.14. The molecule has 0 amide bonds. The summed E-state index contributed by atoms with van der Waals surface area (Å²) >= 11 is 1.12. The van der Waals surface area contributed by atoms with Crippen LogP contribution in [0, 0.1) is 6.92 Å². The lowest BCUT2D eigenvalue weighted by atomic mass is 10.2. The topological polar surface area (TPSA) is 63.7 Å². The van der Waals surface area contributed by atoms with Crippen LogP contribution in [-0.4, -0.2) is 34.2 Å². The van der Waals surface area contributed by atoms with Gasteiger partial charge in [0, 0.05) is 11.2 Å². The number of carbonyl (C=O) groups is 1. The number of hydrogen-bond donors (Lipinski definition) is 0. The van der Waals surface area contributed by atoms with Crippen LogP contribution in [0.2, 0.25) is 0 Å². The molecule has 160 valence electrons. The summed E-state index contributed by atoms with van der Waals surface area (Å²) in [6, 6.07) is 12.0. The zero-order valence-electron chi connectivity index (χ0n) is 16.1. The monoisotopic (exact) mass is 457 g/mol. The molecule has 0 saturated heterocycles. The first kappa shape index (κ1) is 22.1. The van der Waals surface area contributed by atoms with Crippen molar-refractivity contribution in [2.24, 2.45) is 0 Å². The average Bonchev–Trinajstić information content (AvgIpc) is 3.03. The van der Waals surface area contributed by atoms with Gasteiger partial charge in [0.15, 0.2) is 0 Å². The molecule has 0 aliphatic carbocycles. The normalized spacial score (nSPS) is 12.2. The Morgan fingerprint density at radius 2 is 1.73 bits per heavy atom. The van der Waals surface area contributed by atoms with Crippen LogP contribution in [0.4, 0.5) is 18.2 Å². The standard InChI is InChI=1S/C20H18F3NO4S2/c1-13-16-5-3-4-6-17(16)29-18(13)24(12-11-20(21,22)23)30(26,27)15-9-7-14(8-10-15)19(25)28-2/h3-10H,11-12H2,1-2H3. The van der Waals surface area contributed by atoms with Crippen molar-refractivity contribution in [3.63, 3.8) is 0 Å². The van der Waals surface area contributed by atoms with Gasteiger partial charge in [-0.25, -0.2) is 13.2 Å². The van der Waals surface area contributed by atoms with Crippen LogP contribution in [0.3, 0.4) is 0 Å². The van der Waals surface area contributed by atoms with Crippen molar-refractivity contribution in [2.75, 3.05) is 18.0 Å². The molecule has 0 spiro atoms. The first-order chi connectivity index (χ1) is 14.0. The lowest BCUT2D eigenvalue weighted by Crippen LogP contribution is -2.34. The van der Waals surface area contributed by atoms with E-state index in [1.807, 2.05) is 0 Å². The minimum absolute atomic E-state index is 0.135. The highest BCUT2D eigenvalue weighted by Gasteiger charge is 2.34. The number of alkyl halides is 3. The zero-order valence-corrected chi connectivity index (χ0v) is 17.7. The van der Waals surface area contributed by atoms with Gasteiger partial charge in [0.25, 0.3) is 10.0 Å². The highest BCUT2D eigenvalue weighted by molar-refractivity contribution is 7.93. The van der Waals surface area contributed by atoms with Crippen molar-refractivity contribution in [2.45, 2.75) is 24.4 Å². The van der Waals surface area contributed by atoms with Crippen LogP contribution >= 0.6 is 11.3 Å². The van der Waals surface area contributed by atoms with Gasteiger partial charge in [0.1, 0.15) is 5.00 Å². The highest BCUT2D eigenvalue weighted by Crippen LogP contribution is 2.40. The number of halogens is 3. The Labute approximate surface area is 175 Å². The van der Waals surface area contributed by atoms with Gasteiger partial charge < -0.3 is 4.74 Å². The van der Waals surface area contributed by atoms with Gasteiger partial charge in [-0.2, -0.15) is 13.2 Å². The average molecular weight is 457 g/mol. The van der Waals surface area contributed by atoms with E-state index >= 15 is 0 Å². The Kier molecular flexibility index (Phi) is 6.09. The van der Waals surface area contributed by atoms with Crippen LogP contribution in [0.5, 0.6) is 0 Å². The first-order valence-corrected chi connectivity index (χ1v) is 11.1. The summed E-state index contributed by atoms with van der Waals surface area (Å²) in [5.41, 5.74) is 0.726. The van der Waals surface area contributed by atoms with E-state index in [1.165, 1.54) is 31.4 Å². The van der Waals surface area contributed by atoms with Gasteiger partial charge in [-0.3, -0.25) is 4.31 Å². The molecule has 2 aromatic carbocycles. The van der Waals surface area contributed by atoms with Gasteiger partial charge >= 0.3 is 12.1 Å². The van der Waals surface area contributed by atoms with E-state index in [0.29, 0.717) is 5.56 Å². The molecular weight excluding hydrogens is 439 g/mol. The van der Waals surface area contributed by atoms with Crippen molar-refractivity contribution in [3.05, 3.63) is 59.7 Å². The molecule has 0 atom stereocenters. The van der Waals surface area contributed by atoms with Crippen molar-refractivity contribution in [1.82, 2.24) is 0 Å². The number of ether oxygens (including phenoxy) is 1. The third kappa shape index (κ3) is 4.44. The molecule has 3 aromatic rings. The van der Waals surface area contributed by atoms with E-state index in [-0.39, 0.29) is 15.5 Å². The Balaban J connectivity index is 2.08. The molecule has 0 bridgehead atoms. The van der Waals surface area contributed by atoms with Crippen molar-refractivity contribution in [3.8, 4) is 0 Å². The number of hydrogen-bond acceptors (Lipinski definition) is 5. The van der Waals surface area contributed by atoms with Crippen molar-refractivity contribution < 1.29 is 31.1 Å². The molecule has 0 saturated carbocycles. The van der Waals surface area contributed by atoms with Crippen LogP contribution in [0.15, 0.2) is 53.4 Å². The second-order valence-electron chi connectivity index (χ2n) is 6.49. The second kappa shape index (κ2) is 8.27. The lowest BCUT2D eigenvalue weighted by molar-refractivity contribution is -0.131. The van der Waals surface area contributed by atoms with Crippen molar-refractivity contribution >= 4 is 42.4 Å². The van der Waals surface area contributed by atoms with Gasteiger partial charge in [-0.05, 0) is 48.2 Å². The van der Waals surface area contributed by atoms with Gasteiger partial charge in [-0.1, -0.05) is 18.2 Å². The van der Waals surface area contributed by atoms with Crippen LogP contribution < -0.4 is 4.31 Å². The number of thiophene rings is 1. The Hall–Kier alpha value is -2.59. The number of sulfonamides is 1. The fourth-order valence-corrected chi connectivity index (χ4v) is 5.94. The Morgan fingerprint density at radius 3 is 2.30 bits per heavy atom. The molecule has 0 radical (unpaired) electrons. The van der Waals surface area contributed by atoms with Crippen LogP contribution in [0.1, 0.15) is 22.3 Å². The molecule has 3 rings (SSSR count). The number of anilines is 1. The third-order valence-corrected chi connectivity index (χ3v) is 7.73. The van der Waals surface area contributed by atoms with Gasteiger partial charge in [-0.15, -0.1) is 11.3 Å². The number of rotatable bonds is 6. The molecule has 5 nitrogen and oxygen atoms in total. The van der Waals surface area contributed by atoms with E-state index < -0.39 is 35.1 Å². The summed E-state index contributed by atoms with van der Waals surface area (Å²) < 4.78 is 71.5. The molecule has 30 heavy (non-hydrogen) atoms. The molecule has 0 N–H and O–H groups in total. The summed E-state index contributed by atoms with van der Waals surface area (Å²) in [6.07, 6.45) is -5.81. The number of methoxy groups -OCH3 is 1. The maximum absolute atomic E-state index is 13.3. The first-order valence-electron chi connectivity index (χ1n) is 8.80. The number of esters is 1. The Morgan fingerprint density at radius 1 is 1.10 bits per heavy atom. The molecule has 0 fully saturated rings. The molecule has 0 unspecified atom stereocenters. The number of carbonyl (C=O) groups excluding carboxylic acids is 1. The Bertz CT molecular complexity index is 1170. The third-order valence-electron chi connectivity index (χ3n) is 4.51. The quantitative estimate of drug-likeness (QED) is 0.481. The number of nitrogens with zero attached hydrogens (tertiary/aromatic N) is 1. The largest absolute Gasteiger partial charge is 0.465 e. The van der Waals surface area contributed by atoms with Gasteiger partial charge in [0.05, 0.1) is 24.0 Å². The minimum Gasteiger partial charge on any atom is -0.465 e. The molecule has 1 aromatic heterocycles. The van der Waals surface area contributed by atoms with E-state index in [0.717, 1.165) is 25.7 Å². The smallest absolute Gasteiger partial charge is 0.390 e. The SMILES string of the molecule is COC(=O)c1ccc(S(=O)(=O)N(CCC(F)(F)F)c2sc3ccccc3c2C)cc1. The van der Waals surface area contributed by atoms with Gasteiger partial charge in [0.2, 0.25) is 0 Å². The fourth-order valence-electron chi connectivity index (χ4n) is 2.97. The summed E-state index contributed by atoms with van der Waals surface area (Å²) in [7, 11) is -3.11. The summed E-state index contributed by atoms with van der Waals surface area (Å²) in [6.45, 7) is 0.933. The molecule has 1 heterocycles. The summed E-state index contributed by atoms with van der Waals surface area (Å²) in [5, 5.41) is 1.02. The van der Waals surface area contributed by atoms with E-state index in [4.69, 9.17) is 0 Å². The predicted molar refractivity (Wildman–Crippen MR) is 110 cm³/mol. The van der Waals surface area contributed by atoms with E-state index in [1.54, 1.807) is 31.2 Å². The maximum Gasteiger partial charge on any atom is 0.390 e. The summed E-state index contributed by atoms with van der Waals surface area (Å²) in [5.74, 6) is -0.645. The number of aryl methyl sites for hydroxylation is 1. The number of fused-ring (bicyclic) bond motifs is 1. The minimum atomic E-state index is -4.52. The molecule has 0 aliphatic rings. The maximum atomic E-state index is 13.3. The van der Waals surface area contributed by atoms with Crippen LogP contribution in [-0.2, 0) is 14.8 Å². The van der Waals surface area contributed by atoms with Crippen molar-refractivity contribution in [1.29, 1.82) is 0 Å².